The molecule has 2 heterocycles. The van der Waals surface area contributed by atoms with Gasteiger partial charge in [-0.25, -0.2) is 4.98 Å². The summed E-state index contributed by atoms with van der Waals surface area (Å²) < 4.78 is 5.53. The van der Waals surface area contributed by atoms with Crippen molar-refractivity contribution in [2.24, 2.45) is 4.99 Å². The topological polar surface area (TPSA) is 61.8 Å². The molecule has 3 rings (SSSR count). The van der Waals surface area contributed by atoms with Gasteiger partial charge in [-0.15, -0.1) is 11.3 Å². The summed E-state index contributed by atoms with van der Waals surface area (Å²) in [5, 5.41) is 8.83. The second-order valence-corrected chi connectivity index (χ2v) is 8.76. The van der Waals surface area contributed by atoms with Gasteiger partial charge in [-0.05, 0) is 25.5 Å². The first-order valence-corrected chi connectivity index (χ1v) is 11.2. The van der Waals surface area contributed by atoms with E-state index in [1.807, 2.05) is 18.2 Å². The molecule has 6 nitrogen and oxygen atoms in total. The number of guanidine groups is 1. The lowest BCUT2D eigenvalue weighted by molar-refractivity contribution is 0.0170. The van der Waals surface area contributed by atoms with Crippen LogP contribution in [0.2, 0.25) is 5.02 Å². The Labute approximate surface area is 182 Å². The molecule has 158 valence electrons. The van der Waals surface area contributed by atoms with E-state index in [-0.39, 0.29) is 6.04 Å². The molecule has 1 aliphatic heterocycles. The number of aromatic nitrogens is 1. The molecular weight excluding hydrogens is 406 g/mol. The predicted octanol–water partition coefficient (Wildman–Crippen LogP) is 3.19. The lowest BCUT2D eigenvalue weighted by Gasteiger charge is -2.35. The van der Waals surface area contributed by atoms with E-state index in [1.165, 1.54) is 4.88 Å². The van der Waals surface area contributed by atoms with Crippen LogP contribution in [0.25, 0.3) is 0 Å². The van der Waals surface area contributed by atoms with E-state index in [0.717, 1.165) is 73.1 Å². The normalized spacial score (nSPS) is 16.6. The van der Waals surface area contributed by atoms with Crippen molar-refractivity contribution >= 4 is 28.9 Å². The molecule has 8 heteroatoms. The standard InChI is InChI=1S/C21H30ClN5OS/c1-15-16(2)29-20(26-15)8-9-24-21(23-3)25-14-19(27-10-12-28-13-11-27)17-6-4-5-7-18(17)22/h4-7,19H,8-14H2,1-3H3,(H2,23,24,25). The van der Waals surface area contributed by atoms with Crippen LogP contribution in [-0.2, 0) is 11.2 Å². The Morgan fingerprint density at radius 2 is 2.03 bits per heavy atom. The number of nitrogens with one attached hydrogen (secondary N) is 2. The number of hydrogen-bond donors (Lipinski definition) is 2. The Bertz CT molecular complexity index is 800. The van der Waals surface area contributed by atoms with E-state index in [0.29, 0.717) is 0 Å². The van der Waals surface area contributed by atoms with Gasteiger partial charge in [0.25, 0.3) is 0 Å². The molecule has 0 bridgehead atoms. The number of hydrogen-bond acceptors (Lipinski definition) is 5. The highest BCUT2D eigenvalue weighted by atomic mass is 35.5. The molecular formula is C21H30ClN5OS. The molecule has 1 fully saturated rings. The molecule has 1 saturated heterocycles. The molecule has 29 heavy (non-hydrogen) atoms. The van der Waals surface area contributed by atoms with Crippen molar-refractivity contribution in [1.82, 2.24) is 20.5 Å². The number of morpholine rings is 1. The average Bonchev–Trinajstić information content (AvgIpc) is 3.06. The van der Waals surface area contributed by atoms with Gasteiger partial charge in [-0.3, -0.25) is 9.89 Å². The van der Waals surface area contributed by atoms with Gasteiger partial charge < -0.3 is 15.4 Å². The van der Waals surface area contributed by atoms with E-state index in [9.17, 15) is 0 Å². The first-order chi connectivity index (χ1) is 14.1. The fraction of sp³-hybridized carbons (Fsp3) is 0.524. The zero-order chi connectivity index (χ0) is 20.6. The lowest BCUT2D eigenvalue weighted by Crippen LogP contribution is -2.46. The molecule has 0 spiro atoms. The first kappa shape index (κ1) is 22.0. The van der Waals surface area contributed by atoms with Crippen molar-refractivity contribution in [3.63, 3.8) is 0 Å². The lowest BCUT2D eigenvalue weighted by atomic mass is 10.0. The largest absolute Gasteiger partial charge is 0.379 e. The number of aryl methyl sites for hydroxylation is 2. The van der Waals surface area contributed by atoms with Crippen LogP contribution in [0, 0.1) is 13.8 Å². The van der Waals surface area contributed by atoms with Crippen molar-refractivity contribution in [2.45, 2.75) is 26.3 Å². The van der Waals surface area contributed by atoms with Crippen LogP contribution < -0.4 is 10.6 Å². The Morgan fingerprint density at radius 1 is 1.28 bits per heavy atom. The number of thiazole rings is 1. The number of aliphatic imine (C=N–C) groups is 1. The summed E-state index contributed by atoms with van der Waals surface area (Å²) >= 11 is 8.28. The first-order valence-electron chi connectivity index (χ1n) is 10.0. The van der Waals surface area contributed by atoms with Gasteiger partial charge in [0.05, 0.1) is 30.0 Å². The van der Waals surface area contributed by atoms with E-state index >= 15 is 0 Å². The summed E-state index contributed by atoms with van der Waals surface area (Å²) in [6, 6.07) is 8.23. The third kappa shape index (κ3) is 6.15. The SMILES string of the molecule is CN=C(NCCc1nc(C)c(C)s1)NCC(c1ccccc1Cl)N1CCOCC1. The molecule has 2 N–H and O–H groups in total. The van der Waals surface area contributed by atoms with E-state index in [2.05, 4.69) is 45.4 Å². The third-order valence-electron chi connectivity index (χ3n) is 5.14. The predicted molar refractivity (Wildman–Crippen MR) is 121 cm³/mol. The Morgan fingerprint density at radius 3 is 2.69 bits per heavy atom. The maximum Gasteiger partial charge on any atom is 0.191 e. The van der Waals surface area contributed by atoms with Crippen LogP contribution in [0.4, 0.5) is 0 Å². The van der Waals surface area contributed by atoms with Crippen LogP contribution in [0.1, 0.15) is 27.2 Å². The molecule has 0 aliphatic carbocycles. The van der Waals surface area contributed by atoms with Gasteiger partial charge in [-0.2, -0.15) is 0 Å². The van der Waals surface area contributed by atoms with Gasteiger partial charge in [0.2, 0.25) is 0 Å². The van der Waals surface area contributed by atoms with Crippen LogP contribution in [0.3, 0.4) is 0 Å². The molecule has 1 aromatic carbocycles. The fourth-order valence-corrected chi connectivity index (χ4v) is 4.61. The molecule has 0 amide bonds. The summed E-state index contributed by atoms with van der Waals surface area (Å²) in [5.74, 6) is 0.792. The molecule has 1 aromatic heterocycles. The van der Waals surface area contributed by atoms with Crippen molar-refractivity contribution in [2.75, 3.05) is 46.4 Å². The quantitative estimate of drug-likeness (QED) is 0.516. The maximum absolute atomic E-state index is 6.52. The van der Waals surface area contributed by atoms with Gasteiger partial charge in [0.15, 0.2) is 5.96 Å². The zero-order valence-electron chi connectivity index (χ0n) is 17.4. The molecule has 1 unspecified atom stereocenters. The fourth-order valence-electron chi connectivity index (χ4n) is 3.42. The minimum Gasteiger partial charge on any atom is -0.379 e. The molecule has 1 atom stereocenters. The summed E-state index contributed by atoms with van der Waals surface area (Å²) in [5.41, 5.74) is 2.26. The number of ether oxygens (including phenoxy) is 1. The number of nitrogens with zero attached hydrogens (tertiary/aromatic N) is 3. The van der Waals surface area contributed by atoms with Crippen molar-refractivity contribution in [3.05, 3.63) is 50.4 Å². The second-order valence-electron chi connectivity index (χ2n) is 7.06. The highest BCUT2D eigenvalue weighted by Crippen LogP contribution is 2.27. The minimum absolute atomic E-state index is 0.162. The maximum atomic E-state index is 6.52. The molecule has 0 radical (unpaired) electrons. The Balaban J connectivity index is 1.58. The number of rotatable bonds is 7. The van der Waals surface area contributed by atoms with E-state index in [1.54, 1.807) is 18.4 Å². The van der Waals surface area contributed by atoms with Crippen molar-refractivity contribution < 1.29 is 4.74 Å². The van der Waals surface area contributed by atoms with Gasteiger partial charge in [-0.1, -0.05) is 29.8 Å². The molecule has 0 saturated carbocycles. The zero-order valence-corrected chi connectivity index (χ0v) is 18.9. The highest BCUT2D eigenvalue weighted by Gasteiger charge is 2.24. The molecule has 1 aliphatic rings. The van der Waals surface area contributed by atoms with Crippen LogP contribution >= 0.6 is 22.9 Å². The highest BCUT2D eigenvalue weighted by molar-refractivity contribution is 7.11. The summed E-state index contributed by atoms with van der Waals surface area (Å²) in [7, 11) is 1.80. The number of halogens is 1. The van der Waals surface area contributed by atoms with Crippen LogP contribution in [-0.4, -0.2) is 62.3 Å². The van der Waals surface area contributed by atoms with Gasteiger partial charge in [0.1, 0.15) is 0 Å². The Kier molecular flexibility index (Phi) is 8.29. The van der Waals surface area contributed by atoms with E-state index < -0.39 is 0 Å². The smallest absolute Gasteiger partial charge is 0.191 e. The summed E-state index contributed by atoms with van der Waals surface area (Å²) in [4.78, 5) is 12.7. The van der Waals surface area contributed by atoms with Crippen LogP contribution in [0.5, 0.6) is 0 Å². The molecule has 2 aromatic rings. The van der Waals surface area contributed by atoms with Gasteiger partial charge >= 0.3 is 0 Å². The average molecular weight is 436 g/mol. The summed E-state index contributed by atoms with van der Waals surface area (Å²) in [6.45, 7) is 8.98. The number of benzene rings is 1. The Hall–Kier alpha value is -1.67. The van der Waals surface area contributed by atoms with Crippen molar-refractivity contribution in [1.29, 1.82) is 0 Å². The second kappa shape index (κ2) is 10.9. The third-order valence-corrected chi connectivity index (χ3v) is 6.62. The van der Waals surface area contributed by atoms with Gasteiger partial charge in [0, 0.05) is 49.5 Å². The summed E-state index contributed by atoms with van der Waals surface area (Å²) in [6.07, 6.45) is 0.886. The van der Waals surface area contributed by atoms with E-state index in [4.69, 9.17) is 16.3 Å². The monoisotopic (exact) mass is 435 g/mol. The minimum atomic E-state index is 0.162. The van der Waals surface area contributed by atoms with Crippen molar-refractivity contribution in [3.8, 4) is 0 Å². The van der Waals surface area contributed by atoms with Crippen LogP contribution in [0.15, 0.2) is 29.3 Å².